The average Bonchev–Trinajstić information content (AvgIpc) is 2.62. The molecular weight excluding hydrogens is 337 g/mol. The summed E-state index contributed by atoms with van der Waals surface area (Å²) in [5.74, 6) is 1.81. The second-order valence-electron chi connectivity index (χ2n) is 5.80. The predicted octanol–water partition coefficient (Wildman–Crippen LogP) is 4.34. The molecule has 0 saturated carbocycles. The van der Waals surface area contributed by atoms with Crippen LogP contribution in [-0.2, 0) is 10.5 Å². The monoisotopic (exact) mass is 361 g/mol. The van der Waals surface area contributed by atoms with E-state index < -0.39 is 6.10 Å². The van der Waals surface area contributed by atoms with Crippen LogP contribution in [0.1, 0.15) is 24.5 Å². The summed E-state index contributed by atoms with van der Waals surface area (Å²) in [7, 11) is 0. The molecule has 3 nitrogen and oxygen atoms in total. The van der Waals surface area contributed by atoms with Crippen LogP contribution in [0.15, 0.2) is 48.5 Å². The highest BCUT2D eigenvalue weighted by molar-refractivity contribution is 7.98. The highest BCUT2D eigenvalue weighted by Gasteiger charge is 2.17. The van der Waals surface area contributed by atoms with Crippen LogP contribution in [0.2, 0.25) is 0 Å². The van der Waals surface area contributed by atoms with Crippen LogP contribution < -0.4 is 10.1 Å². The average molecular weight is 361 g/mol. The zero-order valence-electron chi connectivity index (χ0n) is 14.6. The van der Waals surface area contributed by atoms with Crippen molar-refractivity contribution < 1.29 is 13.9 Å². The molecule has 25 heavy (non-hydrogen) atoms. The van der Waals surface area contributed by atoms with E-state index in [1.807, 2.05) is 6.92 Å². The van der Waals surface area contributed by atoms with Gasteiger partial charge in [-0.2, -0.15) is 11.8 Å². The molecule has 0 aliphatic heterocycles. The number of hydrogen-bond donors (Lipinski definition) is 1. The van der Waals surface area contributed by atoms with Gasteiger partial charge < -0.3 is 10.1 Å². The van der Waals surface area contributed by atoms with E-state index in [9.17, 15) is 9.18 Å². The Balaban J connectivity index is 1.68. The Morgan fingerprint density at radius 3 is 2.48 bits per heavy atom. The number of aryl methyl sites for hydroxylation is 1. The number of benzene rings is 2. The van der Waals surface area contributed by atoms with Crippen molar-refractivity contribution >= 4 is 17.7 Å². The summed E-state index contributed by atoms with van der Waals surface area (Å²) in [5.41, 5.74) is 2.54. The van der Waals surface area contributed by atoms with Crippen molar-refractivity contribution in [3.8, 4) is 5.75 Å². The van der Waals surface area contributed by atoms with Gasteiger partial charge in [0.15, 0.2) is 6.10 Å². The fraction of sp³-hybridized carbons (Fsp3) is 0.350. The number of amides is 1. The first-order valence-corrected chi connectivity index (χ1v) is 9.57. The number of halogens is 1. The van der Waals surface area contributed by atoms with E-state index in [-0.39, 0.29) is 11.7 Å². The fourth-order valence-corrected chi connectivity index (χ4v) is 3.05. The Morgan fingerprint density at radius 1 is 1.16 bits per heavy atom. The number of rotatable bonds is 9. The lowest BCUT2D eigenvalue weighted by Gasteiger charge is -2.17. The minimum atomic E-state index is -0.562. The molecular formula is C20H24FNO2S. The molecule has 5 heteroatoms. The molecule has 2 aromatic rings. The Morgan fingerprint density at radius 2 is 1.84 bits per heavy atom. The van der Waals surface area contributed by atoms with Crippen LogP contribution in [0.25, 0.3) is 0 Å². The molecule has 0 bridgehead atoms. The molecule has 0 aromatic heterocycles. The lowest BCUT2D eigenvalue weighted by atomic mass is 10.2. The van der Waals surface area contributed by atoms with Crippen LogP contribution >= 0.6 is 11.8 Å². The van der Waals surface area contributed by atoms with Gasteiger partial charge in [0.2, 0.25) is 0 Å². The van der Waals surface area contributed by atoms with Gasteiger partial charge >= 0.3 is 0 Å². The summed E-state index contributed by atoms with van der Waals surface area (Å²) in [4.78, 5) is 12.2. The zero-order chi connectivity index (χ0) is 18.1. The van der Waals surface area contributed by atoms with Gasteiger partial charge in [-0.1, -0.05) is 36.8 Å². The van der Waals surface area contributed by atoms with Gasteiger partial charge in [0.05, 0.1) is 0 Å². The van der Waals surface area contributed by atoms with Crippen molar-refractivity contribution in [2.24, 2.45) is 0 Å². The first-order valence-electron chi connectivity index (χ1n) is 8.41. The van der Waals surface area contributed by atoms with Gasteiger partial charge in [-0.25, -0.2) is 4.39 Å². The first-order chi connectivity index (χ1) is 12.1. The number of ether oxygens (including phenoxy) is 1. The fourth-order valence-electron chi connectivity index (χ4n) is 2.23. The van der Waals surface area contributed by atoms with Gasteiger partial charge in [-0.3, -0.25) is 4.79 Å². The Hall–Kier alpha value is -2.01. The molecule has 0 aliphatic carbocycles. The molecule has 0 aliphatic rings. The van der Waals surface area contributed by atoms with E-state index in [1.54, 1.807) is 11.8 Å². The van der Waals surface area contributed by atoms with Gasteiger partial charge in [0.1, 0.15) is 11.6 Å². The third-order valence-electron chi connectivity index (χ3n) is 3.69. The zero-order valence-corrected chi connectivity index (χ0v) is 15.4. The molecule has 0 spiro atoms. The number of nitrogens with one attached hydrogen (secondary N) is 1. The lowest BCUT2D eigenvalue weighted by molar-refractivity contribution is -0.127. The smallest absolute Gasteiger partial charge is 0.261 e. The largest absolute Gasteiger partial charge is 0.481 e. The maximum absolute atomic E-state index is 12.9. The number of carbonyl (C=O) groups is 1. The van der Waals surface area contributed by atoms with Crippen molar-refractivity contribution in [2.45, 2.75) is 32.1 Å². The Kier molecular flexibility index (Phi) is 7.79. The van der Waals surface area contributed by atoms with E-state index >= 15 is 0 Å². The summed E-state index contributed by atoms with van der Waals surface area (Å²) < 4.78 is 18.5. The lowest BCUT2D eigenvalue weighted by Crippen LogP contribution is -2.39. The number of carbonyl (C=O) groups excluding carboxylic acids is 1. The van der Waals surface area contributed by atoms with Crippen molar-refractivity contribution in [3.63, 3.8) is 0 Å². The quantitative estimate of drug-likeness (QED) is 0.675. The van der Waals surface area contributed by atoms with E-state index in [2.05, 4.69) is 36.5 Å². The normalized spacial score (nSPS) is 11.8. The number of thioether (sulfide) groups is 1. The molecule has 2 aromatic carbocycles. The van der Waals surface area contributed by atoms with E-state index in [1.165, 1.54) is 35.4 Å². The molecule has 1 atom stereocenters. The maximum atomic E-state index is 12.9. The second kappa shape index (κ2) is 10.1. The van der Waals surface area contributed by atoms with Crippen LogP contribution in [0, 0.1) is 12.7 Å². The predicted molar refractivity (Wildman–Crippen MR) is 101 cm³/mol. The van der Waals surface area contributed by atoms with E-state index in [4.69, 9.17) is 4.74 Å². The molecule has 2 rings (SSSR count). The standard InChI is InChI=1S/C20H24FNO2S/c1-3-19(24-18-10-8-17(21)9-11-18)20(23)22-12-13-25-14-16-6-4-15(2)5-7-16/h4-11,19H,3,12-14H2,1-2H3,(H,22,23)/t19-/m0/s1. The van der Waals surface area contributed by atoms with Crippen LogP contribution in [-0.4, -0.2) is 24.3 Å². The van der Waals surface area contributed by atoms with Gasteiger partial charge in [-0.15, -0.1) is 0 Å². The van der Waals surface area contributed by atoms with Crippen LogP contribution in [0.3, 0.4) is 0 Å². The summed E-state index contributed by atoms with van der Waals surface area (Å²) in [6.45, 7) is 4.56. The summed E-state index contributed by atoms with van der Waals surface area (Å²) >= 11 is 1.78. The minimum absolute atomic E-state index is 0.136. The van der Waals surface area contributed by atoms with E-state index in [0.29, 0.717) is 18.7 Å². The van der Waals surface area contributed by atoms with Crippen molar-refractivity contribution in [1.29, 1.82) is 0 Å². The molecule has 0 heterocycles. The molecule has 1 amide bonds. The van der Waals surface area contributed by atoms with Crippen LogP contribution in [0.4, 0.5) is 4.39 Å². The molecule has 134 valence electrons. The maximum Gasteiger partial charge on any atom is 0.261 e. The Bertz CT molecular complexity index is 658. The third-order valence-corrected chi connectivity index (χ3v) is 4.72. The van der Waals surface area contributed by atoms with E-state index in [0.717, 1.165) is 11.5 Å². The van der Waals surface area contributed by atoms with Gasteiger partial charge in [0, 0.05) is 18.1 Å². The van der Waals surface area contributed by atoms with Gasteiger partial charge in [0.25, 0.3) is 5.91 Å². The minimum Gasteiger partial charge on any atom is -0.481 e. The topological polar surface area (TPSA) is 38.3 Å². The second-order valence-corrected chi connectivity index (χ2v) is 6.90. The molecule has 0 saturated heterocycles. The summed E-state index contributed by atoms with van der Waals surface area (Å²) in [5, 5.41) is 2.90. The van der Waals surface area contributed by atoms with Gasteiger partial charge in [-0.05, 0) is 43.2 Å². The van der Waals surface area contributed by atoms with Crippen LogP contribution in [0.5, 0.6) is 5.75 Å². The van der Waals surface area contributed by atoms with Crippen molar-refractivity contribution in [1.82, 2.24) is 5.32 Å². The summed E-state index contributed by atoms with van der Waals surface area (Å²) in [6, 6.07) is 14.2. The third kappa shape index (κ3) is 6.78. The highest BCUT2D eigenvalue weighted by atomic mass is 32.2. The molecule has 1 N–H and O–H groups in total. The highest BCUT2D eigenvalue weighted by Crippen LogP contribution is 2.15. The van der Waals surface area contributed by atoms with Crippen molar-refractivity contribution in [2.75, 3.05) is 12.3 Å². The molecule has 0 fully saturated rings. The van der Waals surface area contributed by atoms with Crippen molar-refractivity contribution in [3.05, 3.63) is 65.5 Å². The SMILES string of the molecule is CC[C@H](Oc1ccc(F)cc1)C(=O)NCCSCc1ccc(C)cc1. The molecule has 0 radical (unpaired) electrons. The first kappa shape index (κ1) is 19.3. The number of hydrogen-bond acceptors (Lipinski definition) is 3. The Labute approximate surface area is 153 Å². The molecule has 0 unspecified atom stereocenters. The summed E-state index contributed by atoms with van der Waals surface area (Å²) in [6.07, 6.45) is -0.00717.